The lowest BCUT2D eigenvalue weighted by molar-refractivity contribution is 1.28. The lowest BCUT2D eigenvalue weighted by Gasteiger charge is -2.26. The molecule has 0 aromatic heterocycles. The van der Waals surface area contributed by atoms with E-state index in [2.05, 4.69) is 145 Å². The second-order valence-corrected chi connectivity index (χ2v) is 8.00. The fourth-order valence-electron chi connectivity index (χ4n) is 4.03. The Kier molecular flexibility index (Phi) is 5.55. The van der Waals surface area contributed by atoms with E-state index in [1.165, 1.54) is 27.8 Å². The molecule has 32 heavy (non-hydrogen) atoms. The predicted octanol–water partition coefficient (Wildman–Crippen LogP) is 8.80. The fourth-order valence-corrected chi connectivity index (χ4v) is 4.03. The summed E-state index contributed by atoms with van der Waals surface area (Å²) in [5.74, 6) is 0. The third kappa shape index (κ3) is 4.19. The highest BCUT2D eigenvalue weighted by Gasteiger charge is 2.13. The monoisotopic (exact) mass is 411 g/mol. The van der Waals surface area contributed by atoms with Gasteiger partial charge in [0.05, 0.1) is 0 Å². The zero-order chi connectivity index (χ0) is 21.8. The molecule has 0 unspecified atom stereocenters. The van der Waals surface area contributed by atoms with Gasteiger partial charge < -0.3 is 4.90 Å². The van der Waals surface area contributed by atoms with E-state index in [1.807, 2.05) is 0 Å². The third-order valence-corrected chi connectivity index (χ3v) is 5.74. The molecule has 5 rings (SSSR count). The van der Waals surface area contributed by atoms with Gasteiger partial charge in [-0.2, -0.15) is 0 Å². The number of benzene rings is 5. The van der Waals surface area contributed by atoms with E-state index >= 15 is 0 Å². The van der Waals surface area contributed by atoms with Gasteiger partial charge in [0.15, 0.2) is 0 Å². The van der Waals surface area contributed by atoms with Crippen LogP contribution >= 0.6 is 0 Å². The third-order valence-electron chi connectivity index (χ3n) is 5.74. The molecule has 5 aromatic rings. The molecule has 0 atom stereocenters. The van der Waals surface area contributed by atoms with Gasteiger partial charge in [-0.25, -0.2) is 0 Å². The SMILES string of the molecule is Cc1ccc(-c2ccc(N(c3ccccc3)c3cccc(-c4ccccc4)c3)cc2)cc1. The molecule has 5 aromatic carbocycles. The van der Waals surface area contributed by atoms with Crippen LogP contribution in [0.15, 0.2) is 133 Å². The van der Waals surface area contributed by atoms with E-state index in [1.54, 1.807) is 0 Å². The number of rotatable bonds is 5. The number of anilines is 3. The molecule has 0 amide bonds. The first kappa shape index (κ1) is 19.8. The first-order valence-corrected chi connectivity index (χ1v) is 11.0. The molecule has 0 heterocycles. The second-order valence-electron chi connectivity index (χ2n) is 8.00. The lowest BCUT2D eigenvalue weighted by atomic mass is 10.0. The maximum Gasteiger partial charge on any atom is 0.0467 e. The van der Waals surface area contributed by atoms with Crippen LogP contribution in [0, 0.1) is 6.92 Å². The van der Waals surface area contributed by atoms with Gasteiger partial charge in [-0.15, -0.1) is 0 Å². The Morgan fingerprint density at radius 2 is 0.844 bits per heavy atom. The number of hydrogen-bond donors (Lipinski definition) is 0. The van der Waals surface area contributed by atoms with Crippen LogP contribution in [0.25, 0.3) is 22.3 Å². The number of nitrogens with zero attached hydrogens (tertiary/aromatic N) is 1. The molecule has 0 fully saturated rings. The van der Waals surface area contributed by atoms with Crippen molar-refractivity contribution in [1.82, 2.24) is 0 Å². The summed E-state index contributed by atoms with van der Waals surface area (Å²) in [6, 6.07) is 47.3. The summed E-state index contributed by atoms with van der Waals surface area (Å²) in [5, 5.41) is 0. The average Bonchev–Trinajstić information content (AvgIpc) is 2.87. The zero-order valence-electron chi connectivity index (χ0n) is 18.1. The Morgan fingerprint density at radius 3 is 1.50 bits per heavy atom. The summed E-state index contributed by atoms with van der Waals surface area (Å²) >= 11 is 0. The standard InChI is InChI=1S/C31H25N/c1-24-15-17-26(18-16-24)27-19-21-30(22-20-27)32(29-12-6-3-7-13-29)31-14-8-11-28(23-31)25-9-4-2-5-10-25/h2-23H,1H3. The van der Waals surface area contributed by atoms with Crippen LogP contribution in [-0.4, -0.2) is 0 Å². The molecule has 0 aliphatic carbocycles. The quantitative estimate of drug-likeness (QED) is 0.279. The van der Waals surface area contributed by atoms with E-state index in [-0.39, 0.29) is 0 Å². The van der Waals surface area contributed by atoms with Gasteiger partial charge in [-0.05, 0) is 65.6 Å². The largest absolute Gasteiger partial charge is 0.310 e. The zero-order valence-corrected chi connectivity index (χ0v) is 18.1. The van der Waals surface area contributed by atoms with Gasteiger partial charge in [0.1, 0.15) is 0 Å². The van der Waals surface area contributed by atoms with Crippen molar-refractivity contribution in [3.05, 3.63) is 139 Å². The molecular weight excluding hydrogens is 386 g/mol. The molecule has 1 heteroatoms. The minimum absolute atomic E-state index is 1.14. The molecular formula is C31H25N. The number of aryl methyl sites for hydroxylation is 1. The van der Waals surface area contributed by atoms with Crippen LogP contribution in [0.3, 0.4) is 0 Å². The van der Waals surface area contributed by atoms with E-state index in [9.17, 15) is 0 Å². The molecule has 0 saturated carbocycles. The molecule has 0 bridgehead atoms. The summed E-state index contributed by atoms with van der Waals surface area (Å²) in [6.45, 7) is 2.12. The Morgan fingerprint density at radius 1 is 0.375 bits per heavy atom. The average molecular weight is 412 g/mol. The van der Waals surface area contributed by atoms with Crippen molar-refractivity contribution in [2.45, 2.75) is 6.92 Å². The van der Waals surface area contributed by atoms with Crippen LogP contribution in [-0.2, 0) is 0 Å². The fraction of sp³-hybridized carbons (Fsp3) is 0.0323. The van der Waals surface area contributed by atoms with Crippen LogP contribution in [0.5, 0.6) is 0 Å². The van der Waals surface area contributed by atoms with Gasteiger partial charge in [-0.1, -0.05) is 103 Å². The summed E-state index contributed by atoms with van der Waals surface area (Å²) in [5.41, 5.74) is 9.58. The highest BCUT2D eigenvalue weighted by Crippen LogP contribution is 2.37. The van der Waals surface area contributed by atoms with E-state index < -0.39 is 0 Å². The highest BCUT2D eigenvalue weighted by atomic mass is 15.1. The van der Waals surface area contributed by atoms with Crippen molar-refractivity contribution in [2.75, 3.05) is 4.90 Å². The normalized spacial score (nSPS) is 10.7. The maximum atomic E-state index is 2.31. The topological polar surface area (TPSA) is 3.24 Å². The minimum atomic E-state index is 1.14. The Labute approximate surface area is 190 Å². The number of para-hydroxylation sites is 1. The van der Waals surface area contributed by atoms with Crippen molar-refractivity contribution in [3.63, 3.8) is 0 Å². The number of hydrogen-bond acceptors (Lipinski definition) is 1. The summed E-state index contributed by atoms with van der Waals surface area (Å²) in [7, 11) is 0. The van der Waals surface area contributed by atoms with Gasteiger partial charge >= 0.3 is 0 Å². The first-order valence-electron chi connectivity index (χ1n) is 11.0. The first-order chi connectivity index (χ1) is 15.8. The van der Waals surface area contributed by atoms with Crippen LogP contribution in [0.2, 0.25) is 0 Å². The van der Waals surface area contributed by atoms with Gasteiger partial charge in [0.2, 0.25) is 0 Å². The van der Waals surface area contributed by atoms with Gasteiger partial charge in [0.25, 0.3) is 0 Å². The van der Waals surface area contributed by atoms with E-state index in [0.29, 0.717) is 0 Å². The molecule has 0 N–H and O–H groups in total. The van der Waals surface area contributed by atoms with Crippen LogP contribution < -0.4 is 4.90 Å². The molecule has 0 radical (unpaired) electrons. The van der Waals surface area contributed by atoms with Crippen molar-refractivity contribution in [2.24, 2.45) is 0 Å². The van der Waals surface area contributed by atoms with Crippen molar-refractivity contribution in [3.8, 4) is 22.3 Å². The molecule has 0 spiro atoms. The van der Waals surface area contributed by atoms with Crippen LogP contribution in [0.4, 0.5) is 17.1 Å². The minimum Gasteiger partial charge on any atom is -0.310 e. The highest BCUT2D eigenvalue weighted by molar-refractivity contribution is 5.81. The van der Waals surface area contributed by atoms with Crippen molar-refractivity contribution < 1.29 is 0 Å². The Bertz CT molecular complexity index is 1290. The molecule has 0 aliphatic rings. The molecule has 1 nitrogen and oxygen atoms in total. The van der Waals surface area contributed by atoms with Crippen molar-refractivity contribution in [1.29, 1.82) is 0 Å². The Balaban J connectivity index is 1.56. The second kappa shape index (κ2) is 8.95. The Hall–Kier alpha value is -4.10. The summed E-state index contributed by atoms with van der Waals surface area (Å²) in [6.07, 6.45) is 0. The van der Waals surface area contributed by atoms with Crippen molar-refractivity contribution >= 4 is 17.1 Å². The van der Waals surface area contributed by atoms with Gasteiger partial charge in [0, 0.05) is 17.1 Å². The molecule has 0 saturated heterocycles. The van der Waals surface area contributed by atoms with Crippen LogP contribution in [0.1, 0.15) is 5.56 Å². The maximum absolute atomic E-state index is 2.31. The predicted molar refractivity (Wildman–Crippen MR) is 137 cm³/mol. The molecule has 0 aliphatic heterocycles. The smallest absolute Gasteiger partial charge is 0.0467 e. The molecule has 154 valence electrons. The van der Waals surface area contributed by atoms with E-state index in [0.717, 1.165) is 17.1 Å². The van der Waals surface area contributed by atoms with Gasteiger partial charge in [-0.3, -0.25) is 0 Å². The summed E-state index contributed by atoms with van der Waals surface area (Å²) in [4.78, 5) is 2.31. The van der Waals surface area contributed by atoms with E-state index in [4.69, 9.17) is 0 Å². The summed E-state index contributed by atoms with van der Waals surface area (Å²) < 4.78 is 0. The lowest BCUT2D eigenvalue weighted by Crippen LogP contribution is -2.09.